The molecule has 1 aliphatic heterocycles. The Morgan fingerprint density at radius 1 is 1.26 bits per heavy atom. The fourth-order valence-electron chi connectivity index (χ4n) is 3.79. The van der Waals surface area contributed by atoms with Crippen LogP contribution in [0.5, 0.6) is 0 Å². The average molecular weight is 381 g/mol. The minimum atomic E-state index is -0.871. The van der Waals surface area contributed by atoms with Crippen LogP contribution >= 0.6 is 11.3 Å². The quantitative estimate of drug-likeness (QED) is 0.565. The molecule has 0 amide bonds. The van der Waals surface area contributed by atoms with E-state index in [0.29, 0.717) is 5.56 Å². The largest absolute Gasteiger partial charge is 0.478 e. The van der Waals surface area contributed by atoms with Crippen LogP contribution in [0.25, 0.3) is 16.5 Å². The standard InChI is InChI=1S/C22H24N2O2S/c25-22(26)17-4-5-21-20(13-17)18(14-23-21)3-1-2-9-24-10-6-16(7-11-24)19-8-12-27-15-19/h4-6,8,12-15,23H,1-3,7,9-11H2,(H,25,26). The first-order valence-corrected chi connectivity index (χ1v) is 10.4. The second-order valence-corrected chi connectivity index (χ2v) is 7.91. The predicted molar refractivity (Wildman–Crippen MR) is 112 cm³/mol. The number of unbranched alkanes of at least 4 members (excludes halogenated alkanes) is 1. The van der Waals surface area contributed by atoms with E-state index in [-0.39, 0.29) is 0 Å². The number of hydrogen-bond donors (Lipinski definition) is 2. The molecule has 0 aliphatic carbocycles. The van der Waals surface area contributed by atoms with Crippen molar-refractivity contribution in [3.8, 4) is 0 Å². The van der Waals surface area contributed by atoms with Gasteiger partial charge in [-0.05, 0) is 84.0 Å². The molecule has 2 aromatic heterocycles. The number of thiophene rings is 1. The number of carboxylic acid groups (broad SMARTS) is 1. The smallest absolute Gasteiger partial charge is 0.335 e. The van der Waals surface area contributed by atoms with E-state index in [2.05, 4.69) is 32.8 Å². The molecule has 0 saturated heterocycles. The molecule has 0 saturated carbocycles. The summed E-state index contributed by atoms with van der Waals surface area (Å²) in [6.45, 7) is 3.30. The van der Waals surface area contributed by atoms with Crippen LogP contribution in [0.2, 0.25) is 0 Å². The monoisotopic (exact) mass is 380 g/mol. The lowest BCUT2D eigenvalue weighted by atomic mass is 10.0. The molecule has 27 heavy (non-hydrogen) atoms. The van der Waals surface area contributed by atoms with Crippen molar-refractivity contribution in [2.24, 2.45) is 0 Å². The Kier molecular flexibility index (Phi) is 5.41. The Balaban J connectivity index is 1.28. The second-order valence-electron chi connectivity index (χ2n) is 7.13. The molecule has 140 valence electrons. The number of fused-ring (bicyclic) bond motifs is 1. The Morgan fingerprint density at radius 3 is 2.93 bits per heavy atom. The van der Waals surface area contributed by atoms with Crippen LogP contribution in [-0.4, -0.2) is 40.6 Å². The van der Waals surface area contributed by atoms with Gasteiger partial charge in [0.1, 0.15) is 0 Å². The summed E-state index contributed by atoms with van der Waals surface area (Å²) in [6.07, 6.45) is 8.78. The maximum atomic E-state index is 11.2. The number of nitrogens with one attached hydrogen (secondary N) is 1. The van der Waals surface area contributed by atoms with Crippen molar-refractivity contribution < 1.29 is 9.90 Å². The first kappa shape index (κ1) is 18.0. The molecule has 4 nitrogen and oxygen atoms in total. The average Bonchev–Trinajstić information content (AvgIpc) is 3.35. The molecular formula is C22H24N2O2S. The van der Waals surface area contributed by atoms with Crippen LogP contribution < -0.4 is 0 Å². The molecule has 0 atom stereocenters. The summed E-state index contributed by atoms with van der Waals surface area (Å²) in [7, 11) is 0. The van der Waals surface area contributed by atoms with Gasteiger partial charge in [-0.15, -0.1) is 0 Å². The Morgan fingerprint density at radius 2 is 2.19 bits per heavy atom. The third-order valence-corrected chi connectivity index (χ3v) is 6.05. The van der Waals surface area contributed by atoms with Crippen LogP contribution in [0.4, 0.5) is 0 Å². The summed E-state index contributed by atoms with van der Waals surface area (Å²) in [5.41, 5.74) is 5.45. The second kappa shape index (κ2) is 8.11. The van der Waals surface area contributed by atoms with Crippen LogP contribution in [0.15, 0.2) is 47.3 Å². The van der Waals surface area contributed by atoms with E-state index in [1.165, 1.54) is 16.7 Å². The summed E-state index contributed by atoms with van der Waals surface area (Å²) in [4.78, 5) is 17.0. The van der Waals surface area contributed by atoms with E-state index in [4.69, 9.17) is 0 Å². The molecular weight excluding hydrogens is 356 g/mol. The van der Waals surface area contributed by atoms with Crippen molar-refractivity contribution in [2.45, 2.75) is 25.7 Å². The number of H-pyrrole nitrogens is 1. The molecule has 1 aliphatic rings. The van der Waals surface area contributed by atoms with Gasteiger partial charge in [0.25, 0.3) is 0 Å². The topological polar surface area (TPSA) is 56.3 Å². The van der Waals surface area contributed by atoms with Crippen LogP contribution in [0, 0.1) is 0 Å². The van der Waals surface area contributed by atoms with Crippen molar-refractivity contribution >= 4 is 33.8 Å². The molecule has 4 rings (SSSR count). The van der Waals surface area contributed by atoms with Crippen molar-refractivity contribution in [3.63, 3.8) is 0 Å². The van der Waals surface area contributed by atoms with E-state index in [9.17, 15) is 9.90 Å². The zero-order valence-corrected chi connectivity index (χ0v) is 16.1. The van der Waals surface area contributed by atoms with Crippen molar-refractivity contribution in [1.29, 1.82) is 0 Å². The number of aromatic carboxylic acids is 1. The molecule has 1 aromatic carbocycles. The number of carboxylic acids is 1. The highest BCUT2D eigenvalue weighted by Crippen LogP contribution is 2.25. The summed E-state index contributed by atoms with van der Waals surface area (Å²) in [5, 5.41) is 14.6. The van der Waals surface area contributed by atoms with Gasteiger partial charge in [0.05, 0.1) is 5.56 Å². The van der Waals surface area contributed by atoms with Crippen molar-refractivity contribution in [3.05, 3.63) is 64.0 Å². The van der Waals surface area contributed by atoms with Gasteiger partial charge in [0.15, 0.2) is 0 Å². The Bertz CT molecular complexity index is 956. The Labute approximate surface area is 163 Å². The third kappa shape index (κ3) is 4.15. The van der Waals surface area contributed by atoms with Gasteiger partial charge in [-0.3, -0.25) is 4.90 Å². The summed E-state index contributed by atoms with van der Waals surface area (Å²) >= 11 is 1.76. The van der Waals surface area contributed by atoms with Gasteiger partial charge >= 0.3 is 5.97 Å². The third-order valence-electron chi connectivity index (χ3n) is 5.37. The molecule has 3 aromatic rings. The van der Waals surface area contributed by atoms with E-state index < -0.39 is 5.97 Å². The number of rotatable bonds is 7. The van der Waals surface area contributed by atoms with Gasteiger partial charge in [-0.25, -0.2) is 4.79 Å². The van der Waals surface area contributed by atoms with Gasteiger partial charge in [0, 0.05) is 30.2 Å². The highest BCUT2D eigenvalue weighted by atomic mass is 32.1. The minimum absolute atomic E-state index is 0.352. The van der Waals surface area contributed by atoms with Gasteiger partial charge < -0.3 is 10.1 Å². The minimum Gasteiger partial charge on any atom is -0.478 e. The molecule has 0 spiro atoms. The maximum Gasteiger partial charge on any atom is 0.335 e. The SMILES string of the molecule is O=C(O)c1ccc2[nH]cc(CCCCN3CC=C(c4ccsc4)CC3)c2c1. The molecule has 0 bridgehead atoms. The van der Waals surface area contributed by atoms with Crippen LogP contribution in [0.3, 0.4) is 0 Å². The van der Waals surface area contributed by atoms with E-state index in [0.717, 1.165) is 56.2 Å². The van der Waals surface area contributed by atoms with Gasteiger partial charge in [-0.1, -0.05) is 6.08 Å². The lowest BCUT2D eigenvalue weighted by molar-refractivity contribution is 0.0697. The van der Waals surface area contributed by atoms with Gasteiger partial charge in [-0.2, -0.15) is 11.3 Å². The number of aromatic amines is 1. The number of nitrogens with zero attached hydrogens (tertiary/aromatic N) is 1. The number of carbonyl (C=O) groups is 1. The first-order valence-electron chi connectivity index (χ1n) is 9.48. The highest BCUT2D eigenvalue weighted by molar-refractivity contribution is 7.08. The van der Waals surface area contributed by atoms with Crippen LogP contribution in [-0.2, 0) is 6.42 Å². The zero-order chi connectivity index (χ0) is 18.6. The van der Waals surface area contributed by atoms with Gasteiger partial charge in [0.2, 0.25) is 0 Å². The molecule has 2 N–H and O–H groups in total. The number of hydrogen-bond acceptors (Lipinski definition) is 3. The summed E-state index contributed by atoms with van der Waals surface area (Å²) < 4.78 is 0. The number of aromatic nitrogens is 1. The van der Waals surface area contributed by atoms with E-state index in [1.807, 2.05) is 12.3 Å². The summed E-state index contributed by atoms with van der Waals surface area (Å²) in [5.74, 6) is -0.871. The van der Waals surface area contributed by atoms with Crippen molar-refractivity contribution in [1.82, 2.24) is 9.88 Å². The fourth-order valence-corrected chi connectivity index (χ4v) is 4.47. The predicted octanol–water partition coefficient (Wildman–Crippen LogP) is 5.04. The summed E-state index contributed by atoms with van der Waals surface area (Å²) in [6, 6.07) is 7.50. The van der Waals surface area contributed by atoms with Crippen molar-refractivity contribution in [2.75, 3.05) is 19.6 Å². The Hall–Kier alpha value is -2.37. The van der Waals surface area contributed by atoms with E-state index >= 15 is 0 Å². The highest BCUT2D eigenvalue weighted by Gasteiger charge is 2.13. The van der Waals surface area contributed by atoms with Crippen LogP contribution in [0.1, 0.15) is 40.7 Å². The molecule has 5 heteroatoms. The molecule has 0 radical (unpaired) electrons. The lowest BCUT2D eigenvalue weighted by Crippen LogP contribution is -2.29. The normalized spacial score (nSPS) is 15.2. The number of aryl methyl sites for hydroxylation is 1. The van der Waals surface area contributed by atoms with E-state index in [1.54, 1.807) is 23.5 Å². The fraction of sp³-hybridized carbons (Fsp3) is 0.318. The molecule has 3 heterocycles. The first-order chi connectivity index (χ1) is 13.2. The molecule has 0 fully saturated rings. The maximum absolute atomic E-state index is 11.2. The number of benzene rings is 1. The molecule has 0 unspecified atom stereocenters. The lowest BCUT2D eigenvalue weighted by Gasteiger charge is -2.26. The zero-order valence-electron chi connectivity index (χ0n) is 15.3.